The fraction of sp³-hybridized carbons (Fsp3) is 0.500. The number of esters is 1. The summed E-state index contributed by atoms with van der Waals surface area (Å²) in [5, 5.41) is 9.83. The van der Waals surface area contributed by atoms with E-state index in [9.17, 15) is 9.90 Å². The fourth-order valence-corrected chi connectivity index (χ4v) is 1.74. The second kappa shape index (κ2) is 4.78. The van der Waals surface area contributed by atoms with Gasteiger partial charge in [-0.1, -0.05) is 32.9 Å². The number of carbonyl (C=O) groups is 1. The Kier molecular flexibility index (Phi) is 3.81. The van der Waals surface area contributed by atoms with Crippen LogP contribution in [0.2, 0.25) is 0 Å². The molecule has 17 heavy (non-hydrogen) atoms. The van der Waals surface area contributed by atoms with Crippen molar-refractivity contribution in [3.05, 3.63) is 29.3 Å². The van der Waals surface area contributed by atoms with E-state index in [0.29, 0.717) is 0 Å². The Morgan fingerprint density at radius 3 is 2.41 bits per heavy atom. The van der Waals surface area contributed by atoms with Gasteiger partial charge in [0.2, 0.25) is 0 Å². The normalized spacial score (nSPS) is 13.2. The van der Waals surface area contributed by atoms with Gasteiger partial charge in [-0.05, 0) is 29.5 Å². The van der Waals surface area contributed by atoms with E-state index in [4.69, 9.17) is 4.74 Å². The van der Waals surface area contributed by atoms with Crippen molar-refractivity contribution in [2.75, 3.05) is 7.11 Å². The quantitative estimate of drug-likeness (QED) is 0.803. The molecule has 0 saturated heterocycles. The number of ether oxygens (including phenoxy) is 1. The predicted octanol–water partition coefficient (Wildman–Crippen LogP) is 2.97. The van der Waals surface area contributed by atoms with Crippen LogP contribution in [0, 0.1) is 0 Å². The minimum absolute atomic E-state index is 0.157. The van der Waals surface area contributed by atoms with Crippen LogP contribution in [0.4, 0.5) is 0 Å². The zero-order valence-corrected chi connectivity index (χ0v) is 11.1. The summed E-state index contributed by atoms with van der Waals surface area (Å²) in [5.41, 5.74) is 1.54. The van der Waals surface area contributed by atoms with Crippen molar-refractivity contribution in [1.29, 1.82) is 0 Å². The molecule has 0 fully saturated rings. The van der Waals surface area contributed by atoms with Crippen LogP contribution < -0.4 is 0 Å². The van der Waals surface area contributed by atoms with E-state index in [1.807, 2.05) is 26.8 Å². The lowest BCUT2D eigenvalue weighted by molar-refractivity contribution is -0.141. The molecule has 3 heteroatoms. The molecule has 1 N–H and O–H groups in total. The van der Waals surface area contributed by atoms with Gasteiger partial charge < -0.3 is 9.84 Å². The van der Waals surface area contributed by atoms with E-state index in [-0.39, 0.29) is 23.1 Å². The summed E-state index contributed by atoms with van der Waals surface area (Å²) < 4.78 is 4.72. The zero-order chi connectivity index (χ0) is 13.2. The summed E-state index contributed by atoms with van der Waals surface area (Å²) in [4.78, 5) is 11.5. The smallest absolute Gasteiger partial charge is 0.312 e. The van der Waals surface area contributed by atoms with E-state index in [2.05, 4.69) is 0 Å². The van der Waals surface area contributed by atoms with Crippen molar-refractivity contribution in [1.82, 2.24) is 0 Å². The molecule has 1 rings (SSSR count). The van der Waals surface area contributed by atoms with Gasteiger partial charge in [0, 0.05) is 0 Å². The monoisotopic (exact) mass is 236 g/mol. The van der Waals surface area contributed by atoms with Crippen LogP contribution in [0.3, 0.4) is 0 Å². The van der Waals surface area contributed by atoms with Crippen molar-refractivity contribution in [2.24, 2.45) is 0 Å². The molecule has 0 aromatic heterocycles. The summed E-state index contributed by atoms with van der Waals surface area (Å²) in [7, 11) is 1.38. The molecule has 1 unspecified atom stereocenters. The minimum atomic E-state index is -0.318. The van der Waals surface area contributed by atoms with Crippen LogP contribution in [0.25, 0.3) is 0 Å². The van der Waals surface area contributed by atoms with E-state index in [0.717, 1.165) is 11.1 Å². The third-order valence-corrected chi connectivity index (χ3v) is 2.88. The summed E-state index contributed by atoms with van der Waals surface area (Å²) in [6.45, 7) is 7.86. The molecule has 0 saturated carbocycles. The van der Waals surface area contributed by atoms with Gasteiger partial charge in [0.05, 0.1) is 13.0 Å². The first-order valence-corrected chi connectivity index (χ1v) is 5.68. The Morgan fingerprint density at radius 1 is 1.35 bits per heavy atom. The molecule has 0 heterocycles. The van der Waals surface area contributed by atoms with Gasteiger partial charge in [-0.15, -0.1) is 0 Å². The van der Waals surface area contributed by atoms with Crippen LogP contribution >= 0.6 is 0 Å². The summed E-state index contributed by atoms with van der Waals surface area (Å²) in [5.74, 6) is -0.324. The average Bonchev–Trinajstić information content (AvgIpc) is 2.26. The van der Waals surface area contributed by atoms with Gasteiger partial charge in [0.15, 0.2) is 0 Å². The molecule has 94 valence electrons. The molecule has 0 aliphatic heterocycles. The molecule has 1 aromatic carbocycles. The Hall–Kier alpha value is -1.51. The molecule has 3 nitrogen and oxygen atoms in total. The number of methoxy groups -OCH3 is 1. The maximum Gasteiger partial charge on any atom is 0.312 e. The van der Waals surface area contributed by atoms with Gasteiger partial charge in [0.25, 0.3) is 0 Å². The lowest BCUT2D eigenvalue weighted by Gasteiger charge is -2.22. The molecular weight excluding hydrogens is 216 g/mol. The number of phenolic OH excluding ortho intramolecular Hbond substituents is 1. The number of rotatable bonds is 2. The first-order valence-electron chi connectivity index (χ1n) is 5.68. The zero-order valence-electron chi connectivity index (χ0n) is 11.1. The Bertz CT molecular complexity index is 416. The first kappa shape index (κ1) is 13.6. The summed E-state index contributed by atoms with van der Waals surface area (Å²) in [6.07, 6.45) is 0. The highest BCUT2D eigenvalue weighted by Crippen LogP contribution is 2.33. The van der Waals surface area contributed by atoms with Crippen molar-refractivity contribution in [2.45, 2.75) is 39.0 Å². The SMILES string of the molecule is COC(=O)C(C)c1ccc(O)c(C(C)(C)C)c1. The third kappa shape index (κ3) is 2.99. The predicted molar refractivity (Wildman–Crippen MR) is 67.2 cm³/mol. The molecule has 1 atom stereocenters. The number of aromatic hydroxyl groups is 1. The third-order valence-electron chi connectivity index (χ3n) is 2.88. The molecule has 0 aliphatic rings. The van der Waals surface area contributed by atoms with Crippen molar-refractivity contribution < 1.29 is 14.6 Å². The fourth-order valence-electron chi connectivity index (χ4n) is 1.74. The Balaban J connectivity index is 3.17. The van der Waals surface area contributed by atoms with E-state index < -0.39 is 0 Å². The van der Waals surface area contributed by atoms with Gasteiger partial charge in [0.1, 0.15) is 5.75 Å². The van der Waals surface area contributed by atoms with Gasteiger partial charge in [-0.25, -0.2) is 0 Å². The van der Waals surface area contributed by atoms with Crippen LogP contribution in [-0.2, 0) is 14.9 Å². The summed E-state index contributed by atoms with van der Waals surface area (Å²) >= 11 is 0. The van der Waals surface area contributed by atoms with Crippen LogP contribution in [0.1, 0.15) is 44.7 Å². The number of hydrogen-bond acceptors (Lipinski definition) is 3. The maximum atomic E-state index is 11.5. The van der Waals surface area contributed by atoms with Crippen LogP contribution in [0.5, 0.6) is 5.75 Å². The van der Waals surface area contributed by atoms with Gasteiger partial charge in [-0.2, -0.15) is 0 Å². The lowest BCUT2D eigenvalue weighted by Crippen LogP contribution is -2.15. The molecule has 0 amide bonds. The highest BCUT2D eigenvalue weighted by atomic mass is 16.5. The minimum Gasteiger partial charge on any atom is -0.508 e. The molecule has 0 radical (unpaired) electrons. The molecule has 0 spiro atoms. The van der Waals surface area contributed by atoms with Crippen LogP contribution in [-0.4, -0.2) is 18.2 Å². The largest absolute Gasteiger partial charge is 0.508 e. The molecule has 0 aliphatic carbocycles. The maximum absolute atomic E-state index is 11.5. The number of carbonyl (C=O) groups excluding carboxylic acids is 1. The Labute approximate surface area is 102 Å². The molecule has 0 bridgehead atoms. The van der Waals surface area contributed by atoms with Crippen LogP contribution in [0.15, 0.2) is 18.2 Å². The van der Waals surface area contributed by atoms with Crippen molar-refractivity contribution >= 4 is 5.97 Å². The molecular formula is C14H20O3. The lowest BCUT2D eigenvalue weighted by atomic mass is 9.84. The van der Waals surface area contributed by atoms with E-state index in [1.165, 1.54) is 7.11 Å². The van der Waals surface area contributed by atoms with E-state index >= 15 is 0 Å². The molecule has 1 aromatic rings. The van der Waals surface area contributed by atoms with Gasteiger partial charge in [-0.3, -0.25) is 4.79 Å². The average molecular weight is 236 g/mol. The van der Waals surface area contributed by atoms with Crippen molar-refractivity contribution in [3.63, 3.8) is 0 Å². The second-order valence-corrected chi connectivity index (χ2v) is 5.27. The second-order valence-electron chi connectivity index (χ2n) is 5.27. The standard InChI is InChI=1S/C14H20O3/c1-9(13(16)17-5)10-6-7-12(15)11(8-10)14(2,3)4/h6-9,15H,1-5H3. The summed E-state index contributed by atoms with van der Waals surface area (Å²) in [6, 6.07) is 5.26. The van der Waals surface area contributed by atoms with Crippen molar-refractivity contribution in [3.8, 4) is 5.75 Å². The van der Waals surface area contributed by atoms with Gasteiger partial charge >= 0.3 is 5.97 Å². The highest BCUT2D eigenvalue weighted by molar-refractivity contribution is 5.77. The number of benzene rings is 1. The number of phenols is 1. The number of hydrogen-bond donors (Lipinski definition) is 1. The topological polar surface area (TPSA) is 46.5 Å². The van der Waals surface area contributed by atoms with E-state index in [1.54, 1.807) is 19.1 Å². The Morgan fingerprint density at radius 2 is 1.94 bits per heavy atom. The first-order chi connectivity index (χ1) is 7.77. The highest BCUT2D eigenvalue weighted by Gasteiger charge is 2.22.